The number of phenolic OH excluding ortho intramolecular Hbond substituents is 2. The van der Waals surface area contributed by atoms with Crippen molar-refractivity contribution in [1.29, 1.82) is 0 Å². The SMILES string of the molecule is CN(CCCNCc1ccc(O)c(O)c1)c1nc(N2C=NCC2)ns1. The van der Waals surface area contributed by atoms with Crippen LogP contribution in [-0.4, -0.2) is 59.1 Å². The van der Waals surface area contributed by atoms with E-state index < -0.39 is 0 Å². The topological polar surface area (TPSA) is 97.1 Å². The van der Waals surface area contributed by atoms with E-state index in [-0.39, 0.29) is 11.5 Å². The van der Waals surface area contributed by atoms with Gasteiger partial charge < -0.3 is 20.4 Å². The molecule has 0 radical (unpaired) electrons. The lowest BCUT2D eigenvalue weighted by molar-refractivity contribution is 0.403. The Hall–Kier alpha value is -2.39. The van der Waals surface area contributed by atoms with E-state index in [1.807, 2.05) is 11.9 Å². The molecule has 0 saturated carbocycles. The Bertz CT molecular complexity index is 735. The molecule has 1 aliphatic rings. The monoisotopic (exact) mass is 362 g/mol. The quantitative estimate of drug-likeness (QED) is 0.482. The molecule has 8 nitrogen and oxygen atoms in total. The highest BCUT2D eigenvalue weighted by atomic mass is 32.1. The second-order valence-electron chi connectivity index (χ2n) is 5.87. The molecule has 0 fully saturated rings. The number of aromatic nitrogens is 2. The maximum atomic E-state index is 9.47. The van der Waals surface area contributed by atoms with E-state index in [9.17, 15) is 10.2 Å². The molecule has 0 amide bonds. The predicted octanol–water partition coefficient (Wildman–Crippen LogP) is 1.41. The summed E-state index contributed by atoms with van der Waals surface area (Å²) in [6.07, 6.45) is 2.75. The van der Waals surface area contributed by atoms with Gasteiger partial charge in [-0.05, 0) is 30.7 Å². The zero-order valence-corrected chi connectivity index (χ0v) is 14.9. The third-order valence-electron chi connectivity index (χ3n) is 3.90. The third-order valence-corrected chi connectivity index (χ3v) is 4.72. The van der Waals surface area contributed by atoms with Gasteiger partial charge in [0.25, 0.3) is 0 Å². The van der Waals surface area contributed by atoms with Gasteiger partial charge in [-0.1, -0.05) is 6.07 Å². The fourth-order valence-electron chi connectivity index (χ4n) is 2.46. The fraction of sp³-hybridized carbons (Fsp3) is 0.438. The molecule has 0 aliphatic carbocycles. The largest absolute Gasteiger partial charge is 0.504 e. The zero-order chi connectivity index (χ0) is 17.6. The summed E-state index contributed by atoms with van der Waals surface area (Å²) in [6.45, 7) is 4.01. The van der Waals surface area contributed by atoms with Crippen LogP contribution < -0.4 is 15.1 Å². The summed E-state index contributed by atoms with van der Waals surface area (Å²) in [6, 6.07) is 4.86. The smallest absolute Gasteiger partial charge is 0.244 e. The summed E-state index contributed by atoms with van der Waals surface area (Å²) in [5, 5.41) is 23.0. The minimum absolute atomic E-state index is 0.0887. The number of hydrogen-bond acceptors (Lipinski definition) is 9. The Morgan fingerprint density at radius 1 is 1.32 bits per heavy atom. The minimum Gasteiger partial charge on any atom is -0.504 e. The van der Waals surface area contributed by atoms with Crippen molar-refractivity contribution in [3.8, 4) is 11.5 Å². The van der Waals surface area contributed by atoms with Crippen LogP contribution in [0, 0.1) is 0 Å². The summed E-state index contributed by atoms with van der Waals surface area (Å²) in [7, 11) is 2.01. The zero-order valence-electron chi connectivity index (χ0n) is 14.1. The Labute approximate surface area is 150 Å². The Balaban J connectivity index is 1.38. The van der Waals surface area contributed by atoms with E-state index >= 15 is 0 Å². The number of rotatable bonds is 8. The molecule has 25 heavy (non-hydrogen) atoms. The molecule has 9 heteroatoms. The van der Waals surface area contributed by atoms with Crippen LogP contribution >= 0.6 is 11.5 Å². The molecule has 2 aromatic rings. The highest BCUT2D eigenvalue weighted by Gasteiger charge is 2.15. The summed E-state index contributed by atoms with van der Waals surface area (Å²) in [5.74, 6) is 0.537. The van der Waals surface area contributed by atoms with Gasteiger partial charge in [-0.3, -0.25) is 9.89 Å². The summed E-state index contributed by atoms with van der Waals surface area (Å²) >= 11 is 1.40. The van der Waals surface area contributed by atoms with Crippen molar-refractivity contribution in [2.45, 2.75) is 13.0 Å². The highest BCUT2D eigenvalue weighted by molar-refractivity contribution is 7.09. The molecule has 1 aliphatic heterocycles. The molecule has 1 aromatic heterocycles. The lowest BCUT2D eigenvalue weighted by Gasteiger charge is -2.15. The summed E-state index contributed by atoms with van der Waals surface area (Å²) in [5.41, 5.74) is 0.935. The first-order chi connectivity index (χ1) is 12.1. The van der Waals surface area contributed by atoms with E-state index in [1.165, 1.54) is 17.6 Å². The molecule has 3 N–H and O–H groups in total. The number of aromatic hydroxyl groups is 2. The van der Waals surface area contributed by atoms with Gasteiger partial charge >= 0.3 is 0 Å². The molecule has 1 aromatic carbocycles. The van der Waals surface area contributed by atoms with Crippen LogP contribution in [0.4, 0.5) is 11.1 Å². The van der Waals surface area contributed by atoms with Crippen molar-refractivity contribution in [3.63, 3.8) is 0 Å². The second kappa shape index (κ2) is 8.13. The van der Waals surface area contributed by atoms with E-state index in [2.05, 4.69) is 24.6 Å². The van der Waals surface area contributed by atoms with Gasteiger partial charge in [0, 0.05) is 38.2 Å². The predicted molar refractivity (Wildman–Crippen MR) is 100.0 cm³/mol. The standard InChI is InChI=1S/C16H22N6O2S/c1-21(16-19-15(20-25-16)22-8-6-18-11-22)7-2-5-17-10-12-3-4-13(23)14(24)9-12/h3-4,9,11,17,23-24H,2,5-8,10H2,1H3. The van der Waals surface area contributed by atoms with Crippen LogP contribution in [0.2, 0.25) is 0 Å². The highest BCUT2D eigenvalue weighted by Crippen LogP contribution is 2.24. The number of anilines is 2. The van der Waals surface area contributed by atoms with Crippen molar-refractivity contribution >= 4 is 29.0 Å². The van der Waals surface area contributed by atoms with Crippen LogP contribution in [0.25, 0.3) is 0 Å². The number of aliphatic imine (C=N–C) groups is 1. The van der Waals surface area contributed by atoms with E-state index in [1.54, 1.807) is 18.5 Å². The lowest BCUT2D eigenvalue weighted by Crippen LogP contribution is -2.24. The van der Waals surface area contributed by atoms with Gasteiger partial charge in [-0.25, -0.2) is 0 Å². The molecule has 3 rings (SSSR count). The number of nitrogens with one attached hydrogen (secondary N) is 1. The maximum absolute atomic E-state index is 9.47. The van der Waals surface area contributed by atoms with Gasteiger partial charge in [0.15, 0.2) is 11.5 Å². The minimum atomic E-state index is -0.0954. The van der Waals surface area contributed by atoms with Crippen molar-refractivity contribution in [2.75, 3.05) is 43.0 Å². The molecule has 2 heterocycles. The van der Waals surface area contributed by atoms with Gasteiger partial charge in [0.2, 0.25) is 11.1 Å². The van der Waals surface area contributed by atoms with Crippen LogP contribution in [0.1, 0.15) is 12.0 Å². The van der Waals surface area contributed by atoms with Crippen LogP contribution in [0.5, 0.6) is 11.5 Å². The van der Waals surface area contributed by atoms with Gasteiger partial charge in [-0.15, -0.1) is 0 Å². The average Bonchev–Trinajstić information content (AvgIpc) is 3.28. The Morgan fingerprint density at radius 3 is 2.96 bits per heavy atom. The fourth-order valence-corrected chi connectivity index (χ4v) is 3.12. The third kappa shape index (κ3) is 4.58. The number of hydrogen-bond donors (Lipinski definition) is 3. The van der Waals surface area contributed by atoms with E-state index in [0.717, 1.165) is 49.2 Å². The molecular weight excluding hydrogens is 340 g/mol. The van der Waals surface area contributed by atoms with E-state index in [4.69, 9.17) is 0 Å². The van der Waals surface area contributed by atoms with Gasteiger partial charge in [-0.2, -0.15) is 9.36 Å². The first-order valence-corrected chi connectivity index (χ1v) is 8.94. The average molecular weight is 362 g/mol. The Kier molecular flexibility index (Phi) is 5.67. The molecule has 0 saturated heterocycles. The molecule has 0 spiro atoms. The summed E-state index contributed by atoms with van der Waals surface area (Å²) in [4.78, 5) is 12.8. The van der Waals surface area contributed by atoms with Crippen LogP contribution in [0.3, 0.4) is 0 Å². The lowest BCUT2D eigenvalue weighted by atomic mass is 10.2. The van der Waals surface area contributed by atoms with Crippen molar-refractivity contribution in [1.82, 2.24) is 14.7 Å². The van der Waals surface area contributed by atoms with Gasteiger partial charge in [0.05, 0.1) is 12.9 Å². The number of phenols is 2. The molecular formula is C16H22N6O2S. The van der Waals surface area contributed by atoms with Crippen molar-refractivity contribution in [3.05, 3.63) is 23.8 Å². The molecule has 0 unspecified atom stereocenters. The van der Waals surface area contributed by atoms with Crippen LogP contribution in [-0.2, 0) is 6.54 Å². The number of nitrogens with zero attached hydrogens (tertiary/aromatic N) is 5. The van der Waals surface area contributed by atoms with Crippen molar-refractivity contribution < 1.29 is 10.2 Å². The maximum Gasteiger partial charge on any atom is 0.244 e. The Morgan fingerprint density at radius 2 is 2.20 bits per heavy atom. The molecule has 134 valence electrons. The first kappa shape index (κ1) is 17.4. The van der Waals surface area contributed by atoms with Crippen LogP contribution in [0.15, 0.2) is 23.2 Å². The van der Waals surface area contributed by atoms with Crippen molar-refractivity contribution in [2.24, 2.45) is 4.99 Å². The molecule has 0 bridgehead atoms. The first-order valence-electron chi connectivity index (χ1n) is 8.16. The summed E-state index contributed by atoms with van der Waals surface area (Å²) < 4.78 is 4.38. The molecule has 0 atom stereocenters. The van der Waals surface area contributed by atoms with E-state index in [0.29, 0.717) is 6.54 Å². The normalized spacial score (nSPS) is 13.6. The second-order valence-corrected chi connectivity index (χ2v) is 6.60. The number of benzene rings is 1. The van der Waals surface area contributed by atoms with Gasteiger partial charge in [0.1, 0.15) is 0 Å².